The number of piperidine rings is 1. The van der Waals surface area contributed by atoms with Gasteiger partial charge in [-0.05, 0) is 43.9 Å². The number of carbonyl (C=O) groups excluding carboxylic acids is 1. The third-order valence-electron chi connectivity index (χ3n) is 5.09. The second kappa shape index (κ2) is 5.51. The molecule has 1 aromatic carbocycles. The predicted molar refractivity (Wildman–Crippen MR) is 88.6 cm³/mol. The molecule has 0 aromatic heterocycles. The molecule has 2 aliphatic heterocycles. The molecule has 0 aliphatic carbocycles. The van der Waals surface area contributed by atoms with E-state index >= 15 is 0 Å². The van der Waals surface area contributed by atoms with Crippen molar-refractivity contribution < 1.29 is 15.1 Å². The molecular weight excluding hydrogens is 316 g/mol. The standard InChI is InChI=1S/C17H21ClN2O3/c1-10-8-11(2)13(12(18)9-10)14-15(21)17(19(3)16(14)22)4-6-20(23)7-5-17/h8-9,21,23H,4-7H2,1-3H3. The number of hydrogen-bond acceptors (Lipinski definition) is 4. The number of nitrogens with zero attached hydrogens (tertiary/aromatic N) is 2. The lowest BCUT2D eigenvalue weighted by Gasteiger charge is -2.41. The van der Waals surface area contributed by atoms with Gasteiger partial charge in [0.25, 0.3) is 5.91 Å². The van der Waals surface area contributed by atoms with Crippen LogP contribution in [0, 0.1) is 13.8 Å². The van der Waals surface area contributed by atoms with Crippen molar-refractivity contribution in [2.45, 2.75) is 32.2 Å². The van der Waals surface area contributed by atoms with Crippen LogP contribution in [0.2, 0.25) is 5.02 Å². The molecule has 2 heterocycles. The summed E-state index contributed by atoms with van der Waals surface area (Å²) in [6.07, 6.45) is 0.979. The van der Waals surface area contributed by atoms with E-state index in [1.807, 2.05) is 19.9 Å². The van der Waals surface area contributed by atoms with E-state index in [1.54, 1.807) is 18.0 Å². The molecule has 0 atom stereocenters. The van der Waals surface area contributed by atoms with Crippen LogP contribution < -0.4 is 0 Å². The van der Waals surface area contributed by atoms with Crippen LogP contribution in [0.1, 0.15) is 29.5 Å². The number of aryl methyl sites for hydroxylation is 2. The number of aliphatic hydroxyl groups is 1. The molecule has 3 rings (SSSR count). The van der Waals surface area contributed by atoms with Crippen LogP contribution in [-0.4, -0.2) is 51.9 Å². The van der Waals surface area contributed by atoms with Crippen molar-refractivity contribution in [3.8, 4) is 0 Å². The van der Waals surface area contributed by atoms with Gasteiger partial charge in [0.2, 0.25) is 0 Å². The Bertz CT molecular complexity index is 683. The number of halogens is 1. The highest BCUT2D eigenvalue weighted by Crippen LogP contribution is 2.46. The molecule has 5 nitrogen and oxygen atoms in total. The normalized spacial score (nSPS) is 21.6. The van der Waals surface area contributed by atoms with E-state index in [2.05, 4.69) is 0 Å². The predicted octanol–water partition coefficient (Wildman–Crippen LogP) is 2.92. The maximum Gasteiger partial charge on any atom is 0.258 e. The van der Waals surface area contributed by atoms with E-state index in [1.165, 1.54) is 5.06 Å². The first kappa shape index (κ1) is 16.3. The zero-order chi connectivity index (χ0) is 16.9. The van der Waals surface area contributed by atoms with E-state index in [-0.39, 0.29) is 11.7 Å². The molecule has 124 valence electrons. The molecule has 1 aromatic rings. The average molecular weight is 337 g/mol. The first-order chi connectivity index (χ1) is 10.8. The summed E-state index contributed by atoms with van der Waals surface area (Å²) >= 11 is 6.38. The van der Waals surface area contributed by atoms with Gasteiger partial charge in [0, 0.05) is 30.7 Å². The van der Waals surface area contributed by atoms with Gasteiger partial charge in [-0.25, -0.2) is 0 Å². The van der Waals surface area contributed by atoms with Crippen LogP contribution in [-0.2, 0) is 4.79 Å². The van der Waals surface area contributed by atoms with Crippen molar-refractivity contribution in [1.29, 1.82) is 0 Å². The molecule has 1 fully saturated rings. The van der Waals surface area contributed by atoms with Crippen LogP contribution >= 0.6 is 11.6 Å². The van der Waals surface area contributed by atoms with E-state index in [9.17, 15) is 15.1 Å². The third kappa shape index (κ3) is 2.35. The van der Waals surface area contributed by atoms with Crippen LogP contribution in [0.3, 0.4) is 0 Å². The molecule has 1 amide bonds. The smallest absolute Gasteiger partial charge is 0.258 e. The first-order valence-corrected chi connectivity index (χ1v) is 8.08. The zero-order valence-corrected chi connectivity index (χ0v) is 14.3. The number of likely N-dealkylation sites (N-methyl/N-ethyl adjacent to an activating group) is 1. The quantitative estimate of drug-likeness (QED) is 0.827. The number of amides is 1. The van der Waals surface area contributed by atoms with Crippen molar-refractivity contribution in [3.63, 3.8) is 0 Å². The van der Waals surface area contributed by atoms with Crippen LogP contribution in [0.4, 0.5) is 0 Å². The summed E-state index contributed by atoms with van der Waals surface area (Å²) in [6.45, 7) is 4.66. The monoisotopic (exact) mass is 336 g/mol. The molecular formula is C17H21ClN2O3. The highest BCUT2D eigenvalue weighted by molar-refractivity contribution is 6.36. The Labute approximate surface area is 140 Å². The molecule has 0 unspecified atom stereocenters. The highest BCUT2D eigenvalue weighted by atomic mass is 35.5. The lowest BCUT2D eigenvalue weighted by atomic mass is 9.85. The van der Waals surface area contributed by atoms with Gasteiger partial charge in [-0.15, -0.1) is 0 Å². The maximum atomic E-state index is 12.8. The number of hydrogen-bond donors (Lipinski definition) is 2. The minimum Gasteiger partial charge on any atom is -0.509 e. The fourth-order valence-corrected chi connectivity index (χ4v) is 4.17. The van der Waals surface area contributed by atoms with E-state index in [4.69, 9.17) is 11.6 Å². The topological polar surface area (TPSA) is 64.0 Å². The number of rotatable bonds is 1. The Balaban J connectivity index is 2.16. The third-order valence-corrected chi connectivity index (χ3v) is 5.38. The molecule has 1 saturated heterocycles. The summed E-state index contributed by atoms with van der Waals surface area (Å²) in [5.74, 6) is -0.144. The second-order valence-corrected chi connectivity index (χ2v) is 6.92. The SMILES string of the molecule is Cc1cc(C)c(C2=C(O)C3(CCN(O)CC3)N(C)C2=O)c(Cl)c1. The molecule has 1 spiro atoms. The number of aliphatic hydroxyl groups excluding tert-OH is 1. The van der Waals surface area contributed by atoms with Gasteiger partial charge in [0.1, 0.15) is 11.3 Å². The largest absolute Gasteiger partial charge is 0.509 e. The molecule has 0 saturated carbocycles. The summed E-state index contributed by atoms with van der Waals surface area (Å²) in [7, 11) is 1.70. The van der Waals surface area contributed by atoms with Gasteiger partial charge >= 0.3 is 0 Å². The van der Waals surface area contributed by atoms with Gasteiger partial charge in [-0.2, -0.15) is 5.06 Å². The summed E-state index contributed by atoms with van der Waals surface area (Å²) in [5.41, 5.74) is 2.04. The van der Waals surface area contributed by atoms with Crippen LogP contribution in [0.25, 0.3) is 5.57 Å². The van der Waals surface area contributed by atoms with Crippen LogP contribution in [0.5, 0.6) is 0 Å². The lowest BCUT2D eigenvalue weighted by molar-refractivity contribution is -0.141. The van der Waals surface area contributed by atoms with Gasteiger partial charge in [0.15, 0.2) is 0 Å². The first-order valence-electron chi connectivity index (χ1n) is 7.71. The fourth-order valence-electron chi connectivity index (χ4n) is 3.75. The molecule has 23 heavy (non-hydrogen) atoms. The van der Waals surface area contributed by atoms with Crippen molar-refractivity contribution in [1.82, 2.24) is 9.96 Å². The Kier molecular flexibility index (Phi) is 3.91. The zero-order valence-electron chi connectivity index (χ0n) is 13.6. The fraction of sp³-hybridized carbons (Fsp3) is 0.471. The van der Waals surface area contributed by atoms with Gasteiger partial charge < -0.3 is 15.2 Å². The van der Waals surface area contributed by atoms with Gasteiger partial charge in [-0.1, -0.05) is 17.7 Å². The average Bonchev–Trinajstić information content (AvgIpc) is 2.65. The Morgan fingerprint density at radius 1 is 1.22 bits per heavy atom. The van der Waals surface area contributed by atoms with Crippen molar-refractivity contribution in [2.24, 2.45) is 0 Å². The van der Waals surface area contributed by atoms with Gasteiger partial charge in [0.05, 0.1) is 5.57 Å². The molecule has 2 aliphatic rings. The molecule has 6 heteroatoms. The molecule has 0 radical (unpaired) electrons. The van der Waals surface area contributed by atoms with Crippen LogP contribution in [0.15, 0.2) is 17.9 Å². The molecule has 0 bridgehead atoms. The summed E-state index contributed by atoms with van der Waals surface area (Å²) in [6, 6.07) is 3.76. The lowest BCUT2D eigenvalue weighted by Crippen LogP contribution is -2.53. The Morgan fingerprint density at radius 3 is 2.39 bits per heavy atom. The second-order valence-electron chi connectivity index (χ2n) is 6.51. The van der Waals surface area contributed by atoms with E-state index in [0.717, 1.165) is 11.1 Å². The number of benzene rings is 1. The highest BCUT2D eigenvalue weighted by Gasteiger charge is 2.52. The summed E-state index contributed by atoms with van der Waals surface area (Å²) < 4.78 is 0. The van der Waals surface area contributed by atoms with Crippen molar-refractivity contribution in [2.75, 3.05) is 20.1 Å². The van der Waals surface area contributed by atoms with E-state index in [0.29, 0.717) is 42.1 Å². The summed E-state index contributed by atoms with van der Waals surface area (Å²) in [4.78, 5) is 14.4. The summed E-state index contributed by atoms with van der Waals surface area (Å²) in [5, 5.41) is 22.2. The maximum absolute atomic E-state index is 12.8. The molecule has 2 N–H and O–H groups in total. The number of carbonyl (C=O) groups is 1. The Hall–Kier alpha value is -1.56. The van der Waals surface area contributed by atoms with Crippen molar-refractivity contribution in [3.05, 3.63) is 39.6 Å². The van der Waals surface area contributed by atoms with Crippen molar-refractivity contribution >= 4 is 23.1 Å². The van der Waals surface area contributed by atoms with Gasteiger partial charge in [-0.3, -0.25) is 4.79 Å². The Morgan fingerprint density at radius 2 is 1.83 bits per heavy atom. The number of hydroxylamine groups is 2. The minimum atomic E-state index is -0.744. The minimum absolute atomic E-state index is 0.0759. The van der Waals surface area contributed by atoms with E-state index < -0.39 is 5.54 Å².